The van der Waals surface area contributed by atoms with Gasteiger partial charge in [-0.15, -0.1) is 0 Å². The number of imide groups is 1. The molecule has 2 atom stereocenters. The molecule has 1 heterocycles. The van der Waals surface area contributed by atoms with Gasteiger partial charge in [-0.25, -0.2) is 9.69 Å². The van der Waals surface area contributed by atoms with Crippen LogP contribution in [-0.4, -0.2) is 43.5 Å². The van der Waals surface area contributed by atoms with Crippen LogP contribution in [0.2, 0.25) is 0 Å². The van der Waals surface area contributed by atoms with Crippen LogP contribution in [-0.2, 0) is 14.0 Å². The van der Waals surface area contributed by atoms with Crippen LogP contribution >= 0.6 is 0 Å². The van der Waals surface area contributed by atoms with Gasteiger partial charge in [0.2, 0.25) is 5.91 Å². The van der Waals surface area contributed by atoms with Crippen LogP contribution in [0, 0.1) is 5.92 Å². The lowest BCUT2D eigenvalue weighted by molar-refractivity contribution is -0.135. The molecule has 0 saturated carbocycles. The van der Waals surface area contributed by atoms with Gasteiger partial charge in [-0.2, -0.15) is 0 Å². The molecule has 41 heavy (non-hydrogen) atoms. The number of rotatable bonds is 9. The third kappa shape index (κ3) is 5.50. The van der Waals surface area contributed by atoms with Gasteiger partial charge < -0.3 is 9.16 Å². The lowest BCUT2D eigenvalue weighted by Gasteiger charge is -2.42. The van der Waals surface area contributed by atoms with E-state index in [1.54, 1.807) is 0 Å². The zero-order valence-electron chi connectivity index (χ0n) is 24.1. The van der Waals surface area contributed by atoms with Crippen molar-refractivity contribution in [3.8, 4) is 0 Å². The van der Waals surface area contributed by atoms with Crippen LogP contribution in [0.1, 0.15) is 39.2 Å². The predicted molar refractivity (Wildman–Crippen MR) is 165 cm³/mol. The molecule has 0 bridgehead atoms. The molecule has 4 aromatic rings. The van der Waals surface area contributed by atoms with Crippen molar-refractivity contribution >= 4 is 35.9 Å². The van der Waals surface area contributed by atoms with E-state index in [-0.39, 0.29) is 18.4 Å². The topological polar surface area (TPSA) is 55.8 Å². The summed E-state index contributed by atoms with van der Waals surface area (Å²) >= 11 is 0. The van der Waals surface area contributed by atoms with E-state index in [0.29, 0.717) is 0 Å². The van der Waals surface area contributed by atoms with Crippen molar-refractivity contribution in [3.05, 3.63) is 127 Å². The van der Waals surface area contributed by atoms with Gasteiger partial charge in [-0.1, -0.05) is 135 Å². The molecule has 1 fully saturated rings. The van der Waals surface area contributed by atoms with E-state index in [4.69, 9.17) is 9.16 Å². The largest absolute Gasteiger partial charge is 0.447 e. The second-order valence-corrected chi connectivity index (χ2v) is 14.9. The van der Waals surface area contributed by atoms with Crippen LogP contribution in [0.4, 0.5) is 4.79 Å². The average molecular weight is 564 g/mol. The summed E-state index contributed by atoms with van der Waals surface area (Å²) in [5, 5.41) is 3.26. The molecule has 1 aliphatic heterocycles. The summed E-state index contributed by atoms with van der Waals surface area (Å²) < 4.78 is 13.0. The number of benzene rings is 4. The molecule has 4 aromatic carbocycles. The summed E-state index contributed by atoms with van der Waals surface area (Å²) in [6.45, 7) is 8.05. The molecule has 1 saturated heterocycles. The van der Waals surface area contributed by atoms with Crippen LogP contribution < -0.4 is 15.6 Å². The molecule has 0 aromatic heterocycles. The minimum absolute atomic E-state index is 0.0612. The molecule has 0 radical (unpaired) electrons. The minimum atomic E-state index is -3.17. The first-order chi connectivity index (χ1) is 19.8. The van der Waals surface area contributed by atoms with Gasteiger partial charge in [0.15, 0.2) is 0 Å². The maximum absolute atomic E-state index is 14.6. The van der Waals surface area contributed by atoms with E-state index < -0.39 is 32.0 Å². The van der Waals surface area contributed by atoms with Crippen LogP contribution in [0.15, 0.2) is 121 Å². The monoisotopic (exact) mass is 563 g/mol. The summed E-state index contributed by atoms with van der Waals surface area (Å²) in [6, 6.07) is 40.7. The number of hydrogen-bond acceptors (Lipinski definition) is 4. The molecule has 5 rings (SSSR count). The highest BCUT2D eigenvalue weighted by Gasteiger charge is 2.51. The Morgan fingerprint density at radius 3 is 1.54 bits per heavy atom. The van der Waals surface area contributed by atoms with Crippen LogP contribution in [0.5, 0.6) is 0 Å². The molecule has 1 aliphatic rings. The predicted octanol–water partition coefficient (Wildman–Crippen LogP) is 5.24. The highest BCUT2D eigenvalue weighted by molar-refractivity contribution is 7.07. The number of nitrogens with zero attached hydrogens (tertiary/aromatic N) is 1. The van der Waals surface area contributed by atoms with Crippen molar-refractivity contribution in [1.82, 2.24) is 4.90 Å². The fourth-order valence-corrected chi connectivity index (χ4v) is 10.0. The van der Waals surface area contributed by atoms with Crippen LogP contribution in [0.25, 0.3) is 0 Å². The molecule has 5 nitrogen and oxygen atoms in total. The van der Waals surface area contributed by atoms with Crippen molar-refractivity contribution in [1.29, 1.82) is 0 Å². The summed E-state index contributed by atoms with van der Waals surface area (Å²) in [7, 11) is -3.17. The van der Waals surface area contributed by atoms with Crippen molar-refractivity contribution in [3.63, 3.8) is 0 Å². The Balaban J connectivity index is 1.74. The van der Waals surface area contributed by atoms with Gasteiger partial charge in [-0.05, 0) is 40.9 Å². The third-order valence-corrected chi connectivity index (χ3v) is 11.9. The smallest absolute Gasteiger partial charge is 0.417 e. The van der Waals surface area contributed by atoms with Crippen molar-refractivity contribution in [2.75, 3.05) is 6.61 Å². The average Bonchev–Trinajstić information content (AvgIpc) is 3.28. The summed E-state index contributed by atoms with van der Waals surface area (Å²) in [6.07, 6.45) is -1.16. The molecule has 2 amide bonds. The van der Waals surface area contributed by atoms with Crippen molar-refractivity contribution in [2.24, 2.45) is 5.92 Å². The second-order valence-electron chi connectivity index (χ2n) is 11.5. The highest BCUT2D eigenvalue weighted by atomic mass is 28.4. The Morgan fingerprint density at radius 2 is 1.17 bits per heavy atom. The van der Waals surface area contributed by atoms with Crippen molar-refractivity contribution < 1.29 is 18.8 Å². The Morgan fingerprint density at radius 1 is 0.756 bits per heavy atom. The van der Waals surface area contributed by atoms with E-state index in [0.717, 1.165) is 21.1 Å². The molecule has 210 valence electrons. The van der Waals surface area contributed by atoms with E-state index >= 15 is 0 Å². The van der Waals surface area contributed by atoms with E-state index in [1.165, 1.54) is 4.90 Å². The number of ether oxygens (including phenoxy) is 1. The first-order valence-electron chi connectivity index (χ1n) is 14.2. The maximum atomic E-state index is 14.6. The summed E-state index contributed by atoms with van der Waals surface area (Å²) in [5.41, 5.74) is 0.0407. The van der Waals surface area contributed by atoms with Gasteiger partial charge in [0.05, 0.1) is 17.6 Å². The second kappa shape index (κ2) is 11.8. The minimum Gasteiger partial charge on any atom is -0.447 e. The Kier molecular flexibility index (Phi) is 8.24. The fraction of sp³-hybridized carbons (Fsp3) is 0.257. The number of carbonyl (C=O) groups excluding carboxylic acids is 2. The Bertz CT molecular complexity index is 1360. The fourth-order valence-electron chi connectivity index (χ4n) is 5.79. The zero-order valence-corrected chi connectivity index (χ0v) is 25.1. The van der Waals surface area contributed by atoms with Gasteiger partial charge >= 0.3 is 6.09 Å². The summed E-state index contributed by atoms with van der Waals surface area (Å²) in [5.74, 6) is -1.10. The van der Waals surface area contributed by atoms with Gasteiger partial charge in [0.1, 0.15) is 6.61 Å². The number of hydrogen-bond donors (Lipinski definition) is 0. The zero-order chi connectivity index (χ0) is 29.0. The quantitative estimate of drug-likeness (QED) is 0.207. The molecule has 6 heteroatoms. The van der Waals surface area contributed by atoms with Crippen LogP contribution in [0.3, 0.4) is 0 Å². The van der Waals surface area contributed by atoms with Gasteiger partial charge in [-0.3, -0.25) is 4.79 Å². The third-order valence-electron chi connectivity index (χ3n) is 7.82. The van der Waals surface area contributed by atoms with Gasteiger partial charge in [0.25, 0.3) is 8.32 Å². The number of amides is 2. The number of cyclic esters (lactones) is 1. The molecule has 0 unspecified atom stereocenters. The number of carbonyl (C=O) groups is 2. The van der Waals surface area contributed by atoms with E-state index in [9.17, 15) is 9.59 Å². The Hall–Kier alpha value is -4.00. The van der Waals surface area contributed by atoms with E-state index in [1.807, 2.05) is 98.8 Å². The molecule has 0 N–H and O–H groups in total. The standard InChI is InChI=1S/C35H37NO4Si/c1-26(2)32(31(27-17-9-5-10-18-27)33(37)36-34(38)39-25-35(36,3)4)40-41(28-19-11-6-12-20-28,29-21-13-7-14-22-29)30-23-15-8-16-24-30/h5-24,26,31-32H,25H2,1-4H3/t31-,32-/m1/s1. The molecule has 0 spiro atoms. The summed E-state index contributed by atoms with van der Waals surface area (Å²) in [4.78, 5) is 28.8. The lowest BCUT2D eigenvalue weighted by Crippen LogP contribution is -2.71. The molecule has 0 aliphatic carbocycles. The SMILES string of the molecule is CC(C)[C@@H](O[Si](c1ccccc1)(c1ccccc1)c1ccccc1)[C@H](C(=O)N1C(=O)OCC1(C)C)c1ccccc1. The first kappa shape index (κ1) is 28.5. The lowest BCUT2D eigenvalue weighted by atomic mass is 9.85. The first-order valence-corrected chi connectivity index (χ1v) is 16.1. The maximum Gasteiger partial charge on any atom is 0.417 e. The van der Waals surface area contributed by atoms with Crippen molar-refractivity contribution in [2.45, 2.75) is 45.3 Å². The highest BCUT2D eigenvalue weighted by Crippen LogP contribution is 2.35. The van der Waals surface area contributed by atoms with E-state index in [2.05, 4.69) is 50.2 Å². The normalized spacial score (nSPS) is 16.3. The molecular weight excluding hydrogens is 526 g/mol. The van der Waals surface area contributed by atoms with Gasteiger partial charge in [0, 0.05) is 0 Å². The molecular formula is C35H37NO4Si. The Labute approximate surface area is 243 Å².